The van der Waals surface area contributed by atoms with Crippen LogP contribution in [-0.4, -0.2) is 54.3 Å². The van der Waals surface area contributed by atoms with E-state index < -0.39 is 0 Å². The van der Waals surface area contributed by atoms with Gasteiger partial charge in [-0.1, -0.05) is 0 Å². The lowest BCUT2D eigenvalue weighted by atomic mass is 10.2. The second-order valence-electron chi connectivity index (χ2n) is 5.29. The van der Waals surface area contributed by atoms with Crippen molar-refractivity contribution in [1.29, 1.82) is 5.41 Å². The normalized spacial score (nSPS) is 17.8. The van der Waals surface area contributed by atoms with E-state index in [4.69, 9.17) is 14.9 Å². The number of ether oxygens (including phenoxy) is 2. The van der Waals surface area contributed by atoms with Gasteiger partial charge in [0.2, 0.25) is 0 Å². The zero-order valence-corrected chi connectivity index (χ0v) is 13.2. The molecule has 0 aliphatic carbocycles. The lowest BCUT2D eigenvalue weighted by Gasteiger charge is -2.34. The molecule has 8 heteroatoms. The summed E-state index contributed by atoms with van der Waals surface area (Å²) in [5, 5.41) is 17.6. The van der Waals surface area contributed by atoms with Gasteiger partial charge in [0, 0.05) is 31.1 Å². The van der Waals surface area contributed by atoms with Crippen LogP contribution in [0.1, 0.15) is 12.5 Å². The van der Waals surface area contributed by atoms with Crippen molar-refractivity contribution >= 4 is 23.7 Å². The largest absolute Gasteiger partial charge is 0.496 e. The Morgan fingerprint density at radius 1 is 1.57 bits per heavy atom. The highest BCUT2D eigenvalue weighted by Crippen LogP contribution is 2.31. The topological polar surface area (TPSA) is 99.2 Å². The Hall–Kier alpha value is -2.61. The molecule has 8 nitrogen and oxygen atoms in total. The van der Waals surface area contributed by atoms with E-state index in [0.717, 1.165) is 12.4 Å². The fourth-order valence-corrected chi connectivity index (χ4v) is 2.59. The molecule has 1 atom stereocenters. The number of morpholine rings is 1. The van der Waals surface area contributed by atoms with Gasteiger partial charge in [-0.2, -0.15) is 5.10 Å². The Bertz CT molecular complexity index is 673. The smallest absolute Gasteiger partial charge is 0.153 e. The summed E-state index contributed by atoms with van der Waals surface area (Å²) in [4.78, 5) is 6.85. The van der Waals surface area contributed by atoms with Gasteiger partial charge in [0.25, 0.3) is 0 Å². The molecule has 0 radical (unpaired) electrons. The summed E-state index contributed by atoms with van der Waals surface area (Å²) in [6.07, 6.45) is 2.95. The first kappa shape index (κ1) is 15.3. The Kier molecular flexibility index (Phi) is 4.42. The van der Waals surface area contributed by atoms with Gasteiger partial charge in [-0.25, -0.2) is 4.98 Å². The molecule has 0 unspecified atom stereocenters. The highest BCUT2D eigenvalue weighted by atomic mass is 16.5. The third-order valence-electron chi connectivity index (χ3n) is 3.78. The zero-order chi connectivity index (χ0) is 16.2. The molecule has 0 amide bonds. The van der Waals surface area contributed by atoms with Crippen LogP contribution in [0.2, 0.25) is 0 Å². The molecule has 1 fully saturated rings. The van der Waals surface area contributed by atoms with Gasteiger partial charge in [-0.3, -0.25) is 5.10 Å². The van der Waals surface area contributed by atoms with Crippen molar-refractivity contribution in [3.63, 3.8) is 0 Å². The molecular weight excluding hydrogens is 296 g/mol. The summed E-state index contributed by atoms with van der Waals surface area (Å²) in [5.41, 5.74) is 0.583. The number of aromatic nitrogens is 3. The van der Waals surface area contributed by atoms with E-state index in [1.165, 1.54) is 6.21 Å². The van der Waals surface area contributed by atoms with E-state index in [-0.39, 0.29) is 6.04 Å². The van der Waals surface area contributed by atoms with Gasteiger partial charge in [0.1, 0.15) is 17.4 Å². The molecule has 2 aromatic heterocycles. The van der Waals surface area contributed by atoms with Crippen molar-refractivity contribution in [2.45, 2.75) is 13.0 Å². The first-order chi connectivity index (χ1) is 11.2. The standard InChI is InChI=1S/C15H20N6O2/c1-10-9-23-6-5-21(10)14-7-12(22-2)11(8-16)15(19-14)18-13-3-4-17-20-13/h3-4,7-8,10,16H,5-6,9H2,1-2H3,(H2,17,18,19,20)/t10-/m1/s1. The molecule has 1 aliphatic heterocycles. The minimum absolute atomic E-state index is 0.227. The van der Waals surface area contributed by atoms with Crippen molar-refractivity contribution in [3.8, 4) is 5.75 Å². The molecule has 122 valence electrons. The van der Waals surface area contributed by atoms with Gasteiger partial charge in [-0.05, 0) is 6.92 Å². The maximum atomic E-state index is 7.67. The van der Waals surface area contributed by atoms with Crippen LogP contribution in [0, 0.1) is 5.41 Å². The fourth-order valence-electron chi connectivity index (χ4n) is 2.59. The number of hydrogen-bond donors (Lipinski definition) is 3. The molecule has 3 N–H and O–H groups in total. The summed E-state index contributed by atoms with van der Waals surface area (Å²) < 4.78 is 10.9. The Morgan fingerprint density at radius 3 is 3.09 bits per heavy atom. The van der Waals surface area contributed by atoms with E-state index >= 15 is 0 Å². The van der Waals surface area contributed by atoms with Crippen LogP contribution in [0.15, 0.2) is 18.3 Å². The highest BCUT2D eigenvalue weighted by molar-refractivity contribution is 5.90. The first-order valence-corrected chi connectivity index (χ1v) is 7.43. The predicted octanol–water partition coefficient (Wildman–Crippen LogP) is 1.78. The van der Waals surface area contributed by atoms with E-state index in [9.17, 15) is 0 Å². The van der Waals surface area contributed by atoms with E-state index in [1.54, 1.807) is 19.4 Å². The molecule has 0 spiro atoms. The van der Waals surface area contributed by atoms with Crippen molar-refractivity contribution in [2.75, 3.05) is 37.1 Å². The summed E-state index contributed by atoms with van der Waals surface area (Å²) in [6, 6.07) is 3.88. The number of nitrogens with zero attached hydrogens (tertiary/aromatic N) is 3. The van der Waals surface area contributed by atoms with Crippen molar-refractivity contribution < 1.29 is 9.47 Å². The van der Waals surface area contributed by atoms with E-state index in [0.29, 0.717) is 36.2 Å². The van der Waals surface area contributed by atoms with Crippen LogP contribution in [0.4, 0.5) is 17.5 Å². The summed E-state index contributed by atoms with van der Waals surface area (Å²) >= 11 is 0. The van der Waals surface area contributed by atoms with Crippen LogP contribution in [0.5, 0.6) is 5.75 Å². The van der Waals surface area contributed by atoms with Gasteiger partial charge >= 0.3 is 0 Å². The third kappa shape index (κ3) is 3.11. The second kappa shape index (κ2) is 6.66. The lowest BCUT2D eigenvalue weighted by molar-refractivity contribution is 0.0985. The molecule has 1 aliphatic rings. The van der Waals surface area contributed by atoms with Gasteiger partial charge in [0.05, 0.1) is 31.9 Å². The number of rotatable bonds is 5. The minimum atomic E-state index is 0.227. The molecule has 3 rings (SSSR count). The maximum Gasteiger partial charge on any atom is 0.153 e. The molecule has 0 aromatic carbocycles. The number of methoxy groups -OCH3 is 1. The van der Waals surface area contributed by atoms with Crippen molar-refractivity contribution in [2.24, 2.45) is 0 Å². The van der Waals surface area contributed by atoms with Crippen molar-refractivity contribution in [3.05, 3.63) is 23.9 Å². The number of anilines is 3. The van der Waals surface area contributed by atoms with Crippen LogP contribution < -0.4 is 15.0 Å². The number of pyridine rings is 1. The SMILES string of the molecule is COc1cc(N2CCOC[C@H]2C)nc(Nc2cc[nH]n2)c1C=N. The molecular formula is C15H20N6O2. The third-order valence-corrected chi connectivity index (χ3v) is 3.78. The number of aromatic amines is 1. The van der Waals surface area contributed by atoms with Gasteiger partial charge in [-0.15, -0.1) is 0 Å². The quantitative estimate of drug-likeness (QED) is 0.727. The first-order valence-electron chi connectivity index (χ1n) is 7.43. The monoisotopic (exact) mass is 316 g/mol. The van der Waals surface area contributed by atoms with Gasteiger partial charge < -0.3 is 25.1 Å². The second-order valence-corrected chi connectivity index (χ2v) is 5.29. The summed E-state index contributed by atoms with van der Waals surface area (Å²) in [7, 11) is 1.59. The minimum Gasteiger partial charge on any atom is -0.496 e. The van der Waals surface area contributed by atoms with Crippen LogP contribution in [0.25, 0.3) is 0 Å². The summed E-state index contributed by atoms with van der Waals surface area (Å²) in [5.74, 6) is 2.57. The van der Waals surface area contributed by atoms with Crippen LogP contribution in [-0.2, 0) is 4.74 Å². The highest BCUT2D eigenvalue weighted by Gasteiger charge is 2.23. The Morgan fingerprint density at radius 2 is 2.43 bits per heavy atom. The lowest BCUT2D eigenvalue weighted by Crippen LogP contribution is -2.44. The van der Waals surface area contributed by atoms with Crippen LogP contribution >= 0.6 is 0 Å². The Balaban J connectivity index is 2.01. The maximum absolute atomic E-state index is 7.67. The molecule has 1 saturated heterocycles. The van der Waals surface area contributed by atoms with E-state index in [2.05, 4.69) is 32.3 Å². The molecule has 3 heterocycles. The fraction of sp³-hybridized carbons (Fsp3) is 0.400. The van der Waals surface area contributed by atoms with E-state index in [1.807, 2.05) is 6.07 Å². The average Bonchev–Trinajstić information content (AvgIpc) is 3.07. The predicted molar refractivity (Wildman–Crippen MR) is 88.2 cm³/mol. The van der Waals surface area contributed by atoms with Gasteiger partial charge in [0.15, 0.2) is 5.82 Å². The number of nitrogens with one attached hydrogen (secondary N) is 3. The van der Waals surface area contributed by atoms with Crippen LogP contribution in [0.3, 0.4) is 0 Å². The number of hydrogen-bond acceptors (Lipinski definition) is 7. The molecule has 2 aromatic rings. The Labute approximate surface area is 134 Å². The molecule has 23 heavy (non-hydrogen) atoms. The molecule has 0 saturated carbocycles. The molecule has 0 bridgehead atoms. The summed E-state index contributed by atoms with van der Waals surface area (Å²) in [6.45, 7) is 4.20. The zero-order valence-electron chi connectivity index (χ0n) is 13.2. The average molecular weight is 316 g/mol. The van der Waals surface area contributed by atoms with Crippen molar-refractivity contribution in [1.82, 2.24) is 15.2 Å². The number of H-pyrrole nitrogens is 1.